The third-order valence-electron chi connectivity index (χ3n) is 3.56. The van der Waals surface area contributed by atoms with Gasteiger partial charge in [-0.1, -0.05) is 0 Å². The highest BCUT2D eigenvalue weighted by Crippen LogP contribution is 2.20. The van der Waals surface area contributed by atoms with Crippen LogP contribution in [0.1, 0.15) is 32.6 Å². The Balaban J connectivity index is 1.77. The fourth-order valence-corrected chi connectivity index (χ4v) is 2.44. The number of nitrogens with zero attached hydrogens (tertiary/aromatic N) is 1. The molecular formula is C13H21NO4. The van der Waals surface area contributed by atoms with Gasteiger partial charge in [0.25, 0.3) is 5.91 Å². The lowest BCUT2D eigenvalue weighted by Crippen LogP contribution is -2.46. The van der Waals surface area contributed by atoms with Crippen LogP contribution in [0.3, 0.4) is 0 Å². The maximum atomic E-state index is 12.1. The van der Waals surface area contributed by atoms with Crippen LogP contribution >= 0.6 is 0 Å². The van der Waals surface area contributed by atoms with Crippen LogP contribution in [0.2, 0.25) is 0 Å². The molecule has 0 radical (unpaired) electrons. The van der Waals surface area contributed by atoms with Crippen LogP contribution in [-0.2, 0) is 19.1 Å². The Labute approximate surface area is 107 Å². The quantitative estimate of drug-likeness (QED) is 0.747. The highest BCUT2D eigenvalue weighted by Gasteiger charge is 2.27. The summed E-state index contributed by atoms with van der Waals surface area (Å²) in [6.45, 7) is 4.31. The van der Waals surface area contributed by atoms with Gasteiger partial charge in [0.15, 0.2) is 0 Å². The molecule has 18 heavy (non-hydrogen) atoms. The summed E-state index contributed by atoms with van der Waals surface area (Å²) in [6, 6.07) is 0. The monoisotopic (exact) mass is 255 g/mol. The lowest BCUT2D eigenvalue weighted by atomic mass is 9.96. The highest BCUT2D eigenvalue weighted by atomic mass is 16.5. The van der Waals surface area contributed by atoms with Gasteiger partial charge in [-0.3, -0.25) is 9.59 Å². The number of Topliss-reactive ketones (excluding diaryl/α,β-unsaturated/α-hetero) is 1. The molecule has 5 heteroatoms. The Kier molecular flexibility index (Phi) is 4.72. The van der Waals surface area contributed by atoms with Crippen molar-refractivity contribution >= 4 is 11.7 Å². The molecule has 102 valence electrons. The second kappa shape index (κ2) is 6.29. The lowest BCUT2D eigenvalue weighted by Gasteiger charge is -2.31. The number of ketones is 1. The fraction of sp³-hybridized carbons (Fsp3) is 0.846. The van der Waals surface area contributed by atoms with Gasteiger partial charge in [-0.05, 0) is 19.8 Å². The molecule has 1 aliphatic carbocycles. The van der Waals surface area contributed by atoms with Crippen LogP contribution in [-0.4, -0.2) is 55.1 Å². The Morgan fingerprint density at radius 1 is 1.33 bits per heavy atom. The van der Waals surface area contributed by atoms with E-state index in [9.17, 15) is 9.59 Å². The van der Waals surface area contributed by atoms with Crippen molar-refractivity contribution in [1.29, 1.82) is 0 Å². The van der Waals surface area contributed by atoms with Gasteiger partial charge in [-0.15, -0.1) is 0 Å². The summed E-state index contributed by atoms with van der Waals surface area (Å²) >= 11 is 0. The summed E-state index contributed by atoms with van der Waals surface area (Å²) < 4.78 is 11.0. The van der Waals surface area contributed by atoms with Gasteiger partial charge in [0.2, 0.25) is 0 Å². The van der Waals surface area contributed by atoms with Crippen molar-refractivity contribution in [3.05, 3.63) is 0 Å². The standard InChI is InChI=1S/C13H21NO4/c1-10(13(16)14-6-8-17-9-7-14)18-12-4-2-11(15)3-5-12/h10,12H,2-9H2,1H3. The van der Waals surface area contributed by atoms with Gasteiger partial charge in [0.05, 0.1) is 19.3 Å². The van der Waals surface area contributed by atoms with E-state index >= 15 is 0 Å². The molecular weight excluding hydrogens is 234 g/mol. The van der Waals surface area contributed by atoms with Crippen molar-refractivity contribution in [2.45, 2.75) is 44.8 Å². The molecule has 1 amide bonds. The zero-order valence-electron chi connectivity index (χ0n) is 10.9. The molecule has 0 N–H and O–H groups in total. The van der Waals surface area contributed by atoms with E-state index in [0.29, 0.717) is 44.9 Å². The summed E-state index contributed by atoms with van der Waals surface area (Å²) in [5, 5.41) is 0. The second-order valence-electron chi connectivity index (χ2n) is 4.95. The number of ether oxygens (including phenoxy) is 2. The number of amides is 1. The largest absolute Gasteiger partial charge is 0.378 e. The van der Waals surface area contributed by atoms with E-state index in [0.717, 1.165) is 12.8 Å². The predicted molar refractivity (Wildman–Crippen MR) is 65.2 cm³/mol. The molecule has 5 nitrogen and oxygen atoms in total. The number of hydrogen-bond donors (Lipinski definition) is 0. The third-order valence-corrected chi connectivity index (χ3v) is 3.56. The molecule has 2 rings (SSSR count). The Morgan fingerprint density at radius 3 is 2.56 bits per heavy atom. The van der Waals surface area contributed by atoms with Crippen LogP contribution in [0, 0.1) is 0 Å². The first kappa shape index (κ1) is 13.5. The van der Waals surface area contributed by atoms with E-state index in [4.69, 9.17) is 9.47 Å². The number of rotatable bonds is 3. The minimum Gasteiger partial charge on any atom is -0.378 e. The highest BCUT2D eigenvalue weighted by molar-refractivity contribution is 5.81. The minimum absolute atomic E-state index is 0.0372. The van der Waals surface area contributed by atoms with Crippen LogP contribution < -0.4 is 0 Å². The summed E-state index contributed by atoms with van der Waals surface area (Å²) in [5.41, 5.74) is 0. The normalized spacial score (nSPS) is 24.1. The van der Waals surface area contributed by atoms with Crippen molar-refractivity contribution in [2.24, 2.45) is 0 Å². The van der Waals surface area contributed by atoms with Gasteiger partial charge in [-0.25, -0.2) is 0 Å². The molecule has 1 heterocycles. The molecule has 0 aromatic heterocycles. The van der Waals surface area contributed by atoms with Gasteiger partial charge < -0.3 is 14.4 Å². The summed E-state index contributed by atoms with van der Waals surface area (Å²) in [6.07, 6.45) is 2.31. The van der Waals surface area contributed by atoms with Gasteiger partial charge in [-0.2, -0.15) is 0 Å². The molecule has 0 spiro atoms. The first-order valence-corrected chi connectivity index (χ1v) is 6.70. The van der Waals surface area contributed by atoms with E-state index in [1.807, 2.05) is 0 Å². The Hall–Kier alpha value is -0.940. The molecule has 1 unspecified atom stereocenters. The van der Waals surface area contributed by atoms with E-state index in [1.165, 1.54) is 0 Å². The summed E-state index contributed by atoms with van der Waals surface area (Å²) in [4.78, 5) is 25.0. The molecule has 1 atom stereocenters. The van der Waals surface area contributed by atoms with Crippen LogP contribution in [0.5, 0.6) is 0 Å². The maximum absolute atomic E-state index is 12.1. The number of carbonyl (C=O) groups excluding carboxylic acids is 2. The van der Waals surface area contributed by atoms with Crippen molar-refractivity contribution in [1.82, 2.24) is 4.90 Å². The summed E-state index contributed by atoms with van der Waals surface area (Å²) in [7, 11) is 0. The summed E-state index contributed by atoms with van der Waals surface area (Å²) in [5.74, 6) is 0.345. The molecule has 0 aromatic carbocycles. The maximum Gasteiger partial charge on any atom is 0.251 e. The zero-order valence-corrected chi connectivity index (χ0v) is 10.9. The first-order chi connectivity index (χ1) is 8.66. The molecule has 1 aliphatic heterocycles. The van der Waals surface area contributed by atoms with E-state index < -0.39 is 6.10 Å². The topological polar surface area (TPSA) is 55.8 Å². The van der Waals surface area contributed by atoms with Crippen LogP contribution in [0.4, 0.5) is 0 Å². The molecule has 2 aliphatic rings. The van der Waals surface area contributed by atoms with E-state index in [2.05, 4.69) is 0 Å². The SMILES string of the molecule is CC(OC1CCC(=O)CC1)C(=O)N1CCOCC1. The van der Waals surface area contributed by atoms with Gasteiger partial charge in [0.1, 0.15) is 11.9 Å². The molecule has 0 bridgehead atoms. The fourth-order valence-electron chi connectivity index (χ4n) is 2.44. The Morgan fingerprint density at radius 2 is 1.94 bits per heavy atom. The average Bonchev–Trinajstić information content (AvgIpc) is 2.41. The average molecular weight is 255 g/mol. The van der Waals surface area contributed by atoms with E-state index in [1.54, 1.807) is 11.8 Å². The van der Waals surface area contributed by atoms with Crippen molar-refractivity contribution in [3.63, 3.8) is 0 Å². The molecule has 1 saturated carbocycles. The minimum atomic E-state index is -0.415. The number of hydrogen-bond acceptors (Lipinski definition) is 4. The smallest absolute Gasteiger partial charge is 0.251 e. The van der Waals surface area contributed by atoms with Gasteiger partial charge >= 0.3 is 0 Å². The van der Waals surface area contributed by atoms with Crippen LogP contribution in [0.25, 0.3) is 0 Å². The Bertz CT molecular complexity index is 302. The molecule has 2 fully saturated rings. The number of morpholine rings is 1. The van der Waals surface area contributed by atoms with Crippen molar-refractivity contribution in [2.75, 3.05) is 26.3 Å². The van der Waals surface area contributed by atoms with E-state index in [-0.39, 0.29) is 12.0 Å². The van der Waals surface area contributed by atoms with Crippen molar-refractivity contribution in [3.8, 4) is 0 Å². The second-order valence-corrected chi connectivity index (χ2v) is 4.95. The molecule has 0 aromatic rings. The molecule has 1 saturated heterocycles. The van der Waals surface area contributed by atoms with Crippen molar-refractivity contribution < 1.29 is 19.1 Å². The number of carbonyl (C=O) groups is 2. The van der Waals surface area contributed by atoms with Crippen LogP contribution in [0.15, 0.2) is 0 Å². The first-order valence-electron chi connectivity index (χ1n) is 6.70. The zero-order chi connectivity index (χ0) is 13.0. The van der Waals surface area contributed by atoms with Gasteiger partial charge in [0, 0.05) is 25.9 Å². The third kappa shape index (κ3) is 3.53. The predicted octanol–water partition coefficient (Wildman–Crippen LogP) is 0.762. The lowest BCUT2D eigenvalue weighted by molar-refractivity contribution is -0.151.